The topological polar surface area (TPSA) is 199 Å². The third-order valence-corrected chi connectivity index (χ3v) is 21.7. The first-order valence-electron chi connectivity index (χ1n) is 28.6. The number of fused-ring (bicyclic) bond motifs is 10. The van der Waals surface area contributed by atoms with Crippen molar-refractivity contribution >= 4 is 98.9 Å². The van der Waals surface area contributed by atoms with Crippen LogP contribution in [0.4, 0.5) is 17.8 Å². The van der Waals surface area contributed by atoms with Gasteiger partial charge in [0.05, 0.1) is 10.8 Å². The molecule has 0 amide bonds. The zero-order chi connectivity index (χ0) is 52.7. The number of halogens is 4. The largest absolute Gasteiger partial charge is 0.351 e. The molecule has 412 valence electrons. The van der Waals surface area contributed by atoms with Crippen molar-refractivity contribution in [3.63, 3.8) is 0 Å². The molecule has 75 heavy (non-hydrogen) atoms. The second-order valence-electron chi connectivity index (χ2n) is 25.1. The highest BCUT2D eigenvalue weighted by Crippen LogP contribution is 2.54. The number of carbonyl (C=O) groups excluding carboxylic acids is 6. The monoisotopic (exact) mass is 1110 g/mol. The Bertz CT molecular complexity index is 2230. The summed E-state index contributed by atoms with van der Waals surface area (Å²) in [4.78, 5) is 112. The van der Waals surface area contributed by atoms with Crippen molar-refractivity contribution in [1.29, 1.82) is 0 Å². The number of alkyl halides is 4. The maximum atomic E-state index is 15.2. The van der Waals surface area contributed by atoms with E-state index in [0.717, 1.165) is 51.6 Å². The normalized spacial score (nSPS) is 43.3. The highest BCUT2D eigenvalue weighted by atomic mass is 35.5. The smallest absolute Gasteiger partial charge is 0.231 e. The number of Topliss-reactive ketones (excluding diaryl/α,β-unsaturated/α-hetero) is 6. The number of nitrogens with zero attached hydrogens (tertiary/aromatic N) is 6. The molecular formula is C55H78Cl4N10O6. The van der Waals surface area contributed by atoms with E-state index in [9.17, 15) is 9.59 Å². The van der Waals surface area contributed by atoms with Gasteiger partial charge in [-0.1, -0.05) is 25.7 Å². The summed E-state index contributed by atoms with van der Waals surface area (Å²) in [5.41, 5.74) is 0. The second-order valence-corrected chi connectivity index (χ2v) is 27.5. The van der Waals surface area contributed by atoms with Crippen LogP contribution < -0.4 is 26.2 Å². The van der Waals surface area contributed by atoms with Gasteiger partial charge in [0.1, 0.15) is 34.7 Å². The lowest BCUT2D eigenvalue weighted by molar-refractivity contribution is -0.158. The Kier molecular flexibility index (Phi) is 16.1. The zero-order valence-corrected chi connectivity index (χ0v) is 47.0. The van der Waals surface area contributed by atoms with Gasteiger partial charge in [0, 0.05) is 131 Å². The van der Waals surface area contributed by atoms with Gasteiger partial charge in [-0.2, -0.15) is 15.0 Å². The SMILES string of the molecule is CN(C)CCCN(CCCN(C)C)c1nc(NC2CC3C(=O)C4CC(Cl)CC(Cl)C4NC3C3C(=O)C4CCCCC4C(=O)C23)nc(NC2CC3C(=O)C4CC(Cl)CC(Cl)C4NC3C3C(=O)C4CCCCC4C(=O)C23)n1. The van der Waals surface area contributed by atoms with Crippen molar-refractivity contribution in [1.82, 2.24) is 35.4 Å². The molecule has 10 aliphatic rings. The fraction of sp³-hybridized carbons (Fsp3) is 0.836. The molecule has 8 aliphatic carbocycles. The van der Waals surface area contributed by atoms with E-state index in [0.29, 0.717) is 70.4 Å². The van der Waals surface area contributed by atoms with Crippen LogP contribution in [0.25, 0.3) is 0 Å². The Morgan fingerprint density at radius 2 is 0.800 bits per heavy atom. The minimum atomic E-state index is -0.750. The van der Waals surface area contributed by atoms with Crippen LogP contribution in [0, 0.1) is 71.0 Å². The summed E-state index contributed by atoms with van der Waals surface area (Å²) in [6, 6.07) is -3.13. The van der Waals surface area contributed by atoms with Gasteiger partial charge in [0.15, 0.2) is 0 Å². The minimum absolute atomic E-state index is 0.0363. The third kappa shape index (κ3) is 10.2. The van der Waals surface area contributed by atoms with E-state index in [-0.39, 0.29) is 105 Å². The molecule has 0 aromatic carbocycles. The van der Waals surface area contributed by atoms with E-state index in [1.165, 1.54) is 0 Å². The molecule has 20 heteroatoms. The average molecular weight is 1120 g/mol. The number of carbonyl (C=O) groups is 6. The summed E-state index contributed by atoms with van der Waals surface area (Å²) in [6.45, 7) is 2.88. The first-order valence-corrected chi connectivity index (χ1v) is 30.4. The van der Waals surface area contributed by atoms with Crippen LogP contribution in [0.2, 0.25) is 0 Å². The minimum Gasteiger partial charge on any atom is -0.351 e. The summed E-state index contributed by atoms with van der Waals surface area (Å²) < 4.78 is 0. The van der Waals surface area contributed by atoms with Crippen molar-refractivity contribution in [3.8, 4) is 0 Å². The van der Waals surface area contributed by atoms with Gasteiger partial charge >= 0.3 is 0 Å². The molecule has 3 heterocycles. The van der Waals surface area contributed by atoms with E-state index in [1.54, 1.807) is 0 Å². The van der Waals surface area contributed by atoms with Crippen molar-refractivity contribution in [2.24, 2.45) is 71.0 Å². The van der Waals surface area contributed by atoms with Gasteiger partial charge in [-0.15, -0.1) is 46.4 Å². The van der Waals surface area contributed by atoms with E-state index in [4.69, 9.17) is 61.4 Å². The Morgan fingerprint density at radius 1 is 0.440 bits per heavy atom. The fourth-order valence-corrected chi connectivity index (χ4v) is 18.6. The first-order chi connectivity index (χ1) is 36.0. The molecule has 8 saturated carbocycles. The van der Waals surface area contributed by atoms with Crippen molar-refractivity contribution in [2.45, 2.75) is 160 Å². The Labute approximate surface area is 462 Å². The molecule has 22 atom stereocenters. The Hall–Kier alpha value is -2.57. The maximum absolute atomic E-state index is 15.2. The van der Waals surface area contributed by atoms with E-state index in [2.05, 4.69) is 36.0 Å². The fourth-order valence-electron chi connectivity index (χ4n) is 16.8. The van der Waals surface area contributed by atoms with Crippen LogP contribution in [0.1, 0.15) is 103 Å². The van der Waals surface area contributed by atoms with Gasteiger partial charge in [-0.05, 0) is 118 Å². The molecule has 0 bridgehead atoms. The molecule has 2 saturated heterocycles. The van der Waals surface area contributed by atoms with Gasteiger partial charge in [-0.3, -0.25) is 28.8 Å². The molecule has 4 N–H and O–H groups in total. The highest BCUT2D eigenvalue weighted by molar-refractivity contribution is 6.25. The molecule has 10 fully saturated rings. The van der Waals surface area contributed by atoms with Gasteiger partial charge in [-0.25, -0.2) is 0 Å². The number of rotatable bonds is 13. The number of ketones is 6. The number of piperidine rings is 2. The predicted octanol–water partition coefficient (Wildman–Crippen LogP) is 5.63. The summed E-state index contributed by atoms with van der Waals surface area (Å²) in [5, 5.41) is 13.5. The van der Waals surface area contributed by atoms with Crippen LogP contribution in [-0.2, 0) is 28.8 Å². The summed E-state index contributed by atoms with van der Waals surface area (Å²) in [5.74, 6) is -5.51. The van der Waals surface area contributed by atoms with Gasteiger partial charge in [0.2, 0.25) is 17.8 Å². The molecule has 16 nitrogen and oxygen atoms in total. The van der Waals surface area contributed by atoms with Gasteiger partial charge in [0.25, 0.3) is 0 Å². The molecular weight excluding hydrogens is 1040 g/mol. The quantitative estimate of drug-likeness (QED) is 0.177. The lowest BCUT2D eigenvalue weighted by atomic mass is 9.52. The van der Waals surface area contributed by atoms with E-state index >= 15 is 19.2 Å². The van der Waals surface area contributed by atoms with Gasteiger partial charge < -0.3 is 36.0 Å². The molecule has 0 spiro atoms. The molecule has 0 radical (unpaired) electrons. The maximum Gasteiger partial charge on any atom is 0.231 e. The van der Waals surface area contributed by atoms with Crippen LogP contribution in [0.15, 0.2) is 0 Å². The standard InChI is InChI=1S/C55H78Cl4N10O6/c1-67(2)15-9-17-69(18-10-16-68(3)4)55-65-53(60-37-23-33-45(62-43-31(47(33)70)19-25(56)21-35(43)58)41-39(37)49(72)27-11-5-7-13-29(27)51(41)74)64-54(66-55)61-38-24-34-46(63-44-32(48(34)71)20-26(57)22-36(44)59)42-40(38)50(73)28-12-6-8-14-30(28)52(42)75/h25-46,62-63H,5-24H2,1-4H3,(H2,60,61,64,65,66). The highest BCUT2D eigenvalue weighted by Gasteiger charge is 2.65. The van der Waals surface area contributed by atoms with Crippen molar-refractivity contribution < 1.29 is 28.8 Å². The van der Waals surface area contributed by atoms with Crippen molar-refractivity contribution in [3.05, 3.63) is 0 Å². The van der Waals surface area contributed by atoms with Crippen LogP contribution in [0.5, 0.6) is 0 Å². The lowest BCUT2D eigenvalue weighted by Crippen LogP contribution is -2.72. The molecule has 1 aromatic heterocycles. The number of anilines is 3. The van der Waals surface area contributed by atoms with E-state index < -0.39 is 83.3 Å². The first kappa shape index (κ1) is 54.4. The molecule has 11 rings (SSSR count). The Balaban J connectivity index is 0.982. The van der Waals surface area contributed by atoms with Crippen LogP contribution in [0.3, 0.4) is 0 Å². The molecule has 22 unspecified atom stereocenters. The average Bonchev–Trinajstić information content (AvgIpc) is 3.38. The summed E-state index contributed by atoms with van der Waals surface area (Å²) in [7, 11) is 8.16. The van der Waals surface area contributed by atoms with Crippen LogP contribution >= 0.6 is 46.4 Å². The third-order valence-electron chi connectivity index (χ3n) is 20.1. The van der Waals surface area contributed by atoms with E-state index in [1.807, 2.05) is 28.2 Å². The zero-order valence-electron chi connectivity index (χ0n) is 44.0. The number of hydrogen-bond donors (Lipinski definition) is 4. The lowest BCUT2D eigenvalue weighted by Gasteiger charge is -2.56. The predicted molar refractivity (Wildman–Crippen MR) is 290 cm³/mol. The van der Waals surface area contributed by atoms with Crippen molar-refractivity contribution in [2.75, 3.05) is 69.9 Å². The number of aromatic nitrogens is 3. The summed E-state index contributed by atoms with van der Waals surface area (Å²) in [6.07, 6.45) is 10.4. The Morgan fingerprint density at radius 3 is 1.17 bits per heavy atom. The second kappa shape index (κ2) is 22.2. The van der Waals surface area contributed by atoms with Crippen LogP contribution in [-0.4, -0.2) is 172 Å². The molecule has 1 aromatic rings. The summed E-state index contributed by atoms with van der Waals surface area (Å²) >= 11 is 27.4. The number of hydrogen-bond acceptors (Lipinski definition) is 16. The number of nitrogens with one attached hydrogen (secondary N) is 4. The molecule has 2 aliphatic heterocycles.